The van der Waals surface area contributed by atoms with Gasteiger partial charge in [0.2, 0.25) is 5.91 Å². The van der Waals surface area contributed by atoms with Gasteiger partial charge < -0.3 is 29.3 Å². The Hall–Kier alpha value is -2.69. The molecule has 3 aliphatic rings. The predicted molar refractivity (Wildman–Crippen MR) is 176 cm³/mol. The Balaban J connectivity index is 1.77. The Morgan fingerprint density at radius 3 is 2.41 bits per heavy atom. The molecule has 2 amide bonds. The lowest BCUT2D eigenvalue weighted by Gasteiger charge is -2.40. The van der Waals surface area contributed by atoms with Crippen LogP contribution >= 0.6 is 15.9 Å². The number of fused-ring (bicyclic) bond motifs is 1. The van der Waals surface area contributed by atoms with Crippen molar-refractivity contribution in [2.24, 2.45) is 17.8 Å². The number of aliphatic hydroxyl groups is 1. The van der Waals surface area contributed by atoms with Crippen molar-refractivity contribution in [2.45, 2.75) is 82.0 Å². The average molecular weight is 675 g/mol. The van der Waals surface area contributed by atoms with E-state index in [2.05, 4.69) is 47.8 Å². The molecule has 242 valence electrons. The van der Waals surface area contributed by atoms with Gasteiger partial charge in [-0.15, -0.1) is 13.2 Å². The van der Waals surface area contributed by atoms with Gasteiger partial charge in [-0.3, -0.25) is 14.4 Å². The maximum atomic E-state index is 14.9. The van der Waals surface area contributed by atoms with Gasteiger partial charge >= 0.3 is 5.97 Å². The number of halogens is 1. The second-order valence-corrected chi connectivity index (χ2v) is 13.6. The minimum Gasteiger partial charge on any atom is -0.465 e. The van der Waals surface area contributed by atoms with Crippen LogP contribution in [0.15, 0.2) is 49.6 Å². The molecule has 1 N–H and O–H groups in total. The van der Waals surface area contributed by atoms with Gasteiger partial charge in [0, 0.05) is 35.8 Å². The number of amides is 2. The molecule has 1 aromatic rings. The summed E-state index contributed by atoms with van der Waals surface area (Å²) >= 11 is 3.72. The first-order valence-corrected chi connectivity index (χ1v) is 16.8. The van der Waals surface area contributed by atoms with Crippen molar-refractivity contribution in [1.29, 1.82) is 0 Å². The number of anilines is 2. The van der Waals surface area contributed by atoms with E-state index in [9.17, 15) is 19.5 Å². The van der Waals surface area contributed by atoms with E-state index in [-0.39, 0.29) is 42.3 Å². The van der Waals surface area contributed by atoms with Crippen molar-refractivity contribution in [1.82, 2.24) is 4.90 Å². The number of benzene rings is 1. The Bertz CT molecular complexity index is 1200. The molecule has 0 saturated carbocycles. The zero-order valence-corrected chi connectivity index (χ0v) is 28.1. The van der Waals surface area contributed by atoms with E-state index in [0.29, 0.717) is 31.4 Å². The van der Waals surface area contributed by atoms with E-state index in [1.165, 1.54) is 4.90 Å². The molecular weight excluding hydrogens is 626 g/mol. The first-order chi connectivity index (χ1) is 21.1. The highest BCUT2D eigenvalue weighted by Crippen LogP contribution is 2.61. The molecule has 3 unspecified atom stereocenters. The number of alkyl halides is 1. The monoisotopic (exact) mass is 673 g/mol. The smallest absolute Gasteiger partial charge is 0.312 e. The summed E-state index contributed by atoms with van der Waals surface area (Å²) in [7, 11) is 0. The van der Waals surface area contributed by atoms with Gasteiger partial charge in [-0.25, -0.2) is 0 Å². The number of ether oxygens (including phenoxy) is 2. The summed E-state index contributed by atoms with van der Waals surface area (Å²) in [5, 5.41) is 10.6. The molecule has 0 radical (unpaired) electrons. The minimum atomic E-state index is -1.25. The first-order valence-electron chi connectivity index (χ1n) is 15.9. The van der Waals surface area contributed by atoms with Gasteiger partial charge in [0.25, 0.3) is 5.91 Å². The lowest BCUT2D eigenvalue weighted by Crippen LogP contribution is -2.59. The summed E-state index contributed by atoms with van der Waals surface area (Å²) in [5.74, 6) is -2.75. The molecule has 4 rings (SSSR count). The predicted octanol–water partition coefficient (Wildman–Crippen LogP) is 4.72. The number of carbonyl (C=O) groups excluding carboxylic acids is 3. The van der Waals surface area contributed by atoms with E-state index in [1.54, 1.807) is 17.1 Å². The molecule has 9 nitrogen and oxygen atoms in total. The summed E-state index contributed by atoms with van der Waals surface area (Å²) in [6.45, 7) is 17.7. The van der Waals surface area contributed by atoms with Gasteiger partial charge in [0.15, 0.2) is 0 Å². The van der Waals surface area contributed by atoms with Crippen LogP contribution in [-0.4, -0.2) is 89.3 Å². The SMILES string of the molecule is C=CCCCOC(=O)[C@H]1[C@@H]2OC3(CC2Br)C(C(=O)N(CC=C)c2ccc(N(CC)CC)cc2)N([C@@H](CO)CC(C)C)C(=O)[C@H]13. The molecule has 44 heavy (non-hydrogen) atoms. The van der Waals surface area contributed by atoms with Crippen molar-refractivity contribution in [2.75, 3.05) is 42.6 Å². The summed E-state index contributed by atoms with van der Waals surface area (Å²) < 4.78 is 12.3. The molecule has 3 aliphatic heterocycles. The molecule has 1 aromatic carbocycles. The maximum Gasteiger partial charge on any atom is 0.312 e. The molecule has 7 atom stereocenters. The van der Waals surface area contributed by atoms with Gasteiger partial charge in [-0.1, -0.05) is 41.9 Å². The summed E-state index contributed by atoms with van der Waals surface area (Å²) in [6.07, 6.45) is 5.03. The number of hydrogen-bond acceptors (Lipinski definition) is 7. The fourth-order valence-electron chi connectivity index (χ4n) is 7.36. The van der Waals surface area contributed by atoms with Crippen LogP contribution in [0.5, 0.6) is 0 Å². The molecule has 3 fully saturated rings. The van der Waals surface area contributed by atoms with Crippen LogP contribution in [0.4, 0.5) is 11.4 Å². The maximum absolute atomic E-state index is 14.9. The zero-order valence-electron chi connectivity index (χ0n) is 26.5. The summed E-state index contributed by atoms with van der Waals surface area (Å²) in [4.78, 5) is 48.0. The number of carbonyl (C=O) groups is 3. The second kappa shape index (κ2) is 14.6. The van der Waals surface area contributed by atoms with Crippen LogP contribution in [0, 0.1) is 17.8 Å². The number of unbranched alkanes of at least 4 members (excludes halogenated alkanes) is 1. The molecule has 10 heteroatoms. The van der Waals surface area contributed by atoms with Gasteiger partial charge in [-0.2, -0.15) is 0 Å². The van der Waals surface area contributed by atoms with E-state index >= 15 is 0 Å². The third-order valence-corrected chi connectivity index (χ3v) is 10.1. The Labute approximate surface area is 270 Å². The first kappa shape index (κ1) is 34.2. The molecule has 0 aliphatic carbocycles. The van der Waals surface area contributed by atoms with Crippen LogP contribution in [0.1, 0.15) is 53.4 Å². The topological polar surface area (TPSA) is 99.6 Å². The number of allylic oxidation sites excluding steroid dienone is 1. The van der Waals surface area contributed by atoms with Gasteiger partial charge in [0.1, 0.15) is 11.6 Å². The van der Waals surface area contributed by atoms with Gasteiger partial charge in [-0.05, 0) is 69.7 Å². The number of likely N-dealkylation sites (tertiary alicyclic amines) is 1. The van der Waals surface area contributed by atoms with Crippen molar-refractivity contribution in [3.8, 4) is 0 Å². The number of nitrogens with zero attached hydrogens (tertiary/aromatic N) is 3. The highest BCUT2D eigenvalue weighted by atomic mass is 79.9. The van der Waals surface area contributed by atoms with E-state index in [0.717, 1.165) is 18.8 Å². The molecule has 0 aromatic heterocycles. The lowest BCUT2D eigenvalue weighted by molar-refractivity contribution is -0.155. The number of rotatable bonds is 16. The number of esters is 1. The van der Waals surface area contributed by atoms with Crippen molar-refractivity contribution in [3.63, 3.8) is 0 Å². The molecule has 2 bridgehead atoms. The van der Waals surface area contributed by atoms with Crippen LogP contribution in [0.3, 0.4) is 0 Å². The highest BCUT2D eigenvalue weighted by molar-refractivity contribution is 9.09. The largest absolute Gasteiger partial charge is 0.465 e. The quantitative estimate of drug-likeness (QED) is 0.117. The average Bonchev–Trinajstić information content (AvgIpc) is 3.60. The van der Waals surface area contributed by atoms with E-state index < -0.39 is 41.6 Å². The third kappa shape index (κ3) is 6.22. The molecule has 3 heterocycles. The van der Waals surface area contributed by atoms with Crippen LogP contribution in [0.25, 0.3) is 0 Å². The fraction of sp³-hybridized carbons (Fsp3) is 0.618. The van der Waals surface area contributed by atoms with E-state index in [4.69, 9.17) is 9.47 Å². The van der Waals surface area contributed by atoms with Crippen LogP contribution in [-0.2, 0) is 23.9 Å². The third-order valence-electron chi connectivity index (χ3n) is 9.25. The lowest BCUT2D eigenvalue weighted by atomic mass is 9.70. The highest BCUT2D eigenvalue weighted by Gasteiger charge is 2.77. The summed E-state index contributed by atoms with van der Waals surface area (Å²) in [5.41, 5.74) is 0.472. The standard InChI is InChI=1S/C34H48BrN3O6/c1-7-11-12-18-43-33(42)27-28-31(40)38(25(21-39)19-22(5)6)30(34(28)20-26(35)29(27)44-34)32(41)37(17-8-2)24-15-13-23(14-16-24)36(9-3)10-4/h7-8,13-16,22,25-30,39H,1-2,9-12,17-21H2,3-6H3/t25-,26?,27-,28+,29-,30?,34?/m1/s1. The Kier molecular flexibility index (Phi) is 11.3. The molecular formula is C34H48BrN3O6. The molecule has 1 spiro atoms. The number of hydrogen-bond donors (Lipinski definition) is 1. The Morgan fingerprint density at radius 2 is 1.84 bits per heavy atom. The second-order valence-electron chi connectivity index (χ2n) is 12.4. The zero-order chi connectivity index (χ0) is 32.2. The molecule has 3 saturated heterocycles. The Morgan fingerprint density at radius 1 is 1.18 bits per heavy atom. The minimum absolute atomic E-state index is 0.150. The summed E-state index contributed by atoms with van der Waals surface area (Å²) in [6, 6.07) is 6.14. The number of aliphatic hydroxyl groups excluding tert-OH is 1. The van der Waals surface area contributed by atoms with Crippen molar-refractivity contribution < 1.29 is 29.0 Å². The van der Waals surface area contributed by atoms with Crippen LogP contribution in [0.2, 0.25) is 0 Å². The fourth-order valence-corrected chi connectivity index (χ4v) is 8.30. The van der Waals surface area contributed by atoms with Gasteiger partial charge in [0.05, 0.1) is 37.2 Å². The van der Waals surface area contributed by atoms with E-state index in [1.807, 2.05) is 38.1 Å². The normalized spacial score (nSPS) is 27.8. The van der Waals surface area contributed by atoms with Crippen molar-refractivity contribution >= 4 is 45.1 Å². The van der Waals surface area contributed by atoms with Crippen molar-refractivity contribution in [3.05, 3.63) is 49.6 Å². The van der Waals surface area contributed by atoms with Crippen LogP contribution < -0.4 is 9.80 Å².